The lowest BCUT2D eigenvalue weighted by atomic mass is 10.3. The van der Waals surface area contributed by atoms with Crippen LogP contribution in [0.25, 0.3) is 0 Å². The second kappa shape index (κ2) is 5.11. The molecular weight excluding hydrogens is 200 g/mol. The molecular formula is C12H14N4. The number of allylic oxidation sites excluding steroid dienone is 1. The molecule has 0 unspecified atom stereocenters. The van der Waals surface area contributed by atoms with Crippen LogP contribution in [0.4, 0.5) is 5.95 Å². The molecule has 0 fully saturated rings. The van der Waals surface area contributed by atoms with E-state index < -0.39 is 0 Å². The fraction of sp³-hybridized carbons (Fsp3) is 0.167. The largest absolute Gasteiger partial charge is 0.352 e. The Kier molecular flexibility index (Phi) is 3.33. The molecule has 2 rings (SSSR count). The first-order valence-corrected chi connectivity index (χ1v) is 5.15. The highest BCUT2D eigenvalue weighted by molar-refractivity contribution is 5.28. The van der Waals surface area contributed by atoms with Crippen LogP contribution in [0.3, 0.4) is 0 Å². The quantitative estimate of drug-likeness (QED) is 0.775. The monoisotopic (exact) mass is 214 g/mol. The molecule has 2 aromatic rings. The van der Waals surface area contributed by atoms with Crippen molar-refractivity contribution in [2.75, 3.05) is 5.32 Å². The van der Waals surface area contributed by atoms with E-state index in [0.717, 1.165) is 19.0 Å². The number of rotatable bonds is 5. The minimum atomic E-state index is 0.747. The van der Waals surface area contributed by atoms with Crippen molar-refractivity contribution in [3.8, 4) is 0 Å². The van der Waals surface area contributed by atoms with Crippen molar-refractivity contribution in [3.05, 3.63) is 55.1 Å². The van der Waals surface area contributed by atoms with E-state index in [1.165, 1.54) is 5.56 Å². The summed E-state index contributed by atoms with van der Waals surface area (Å²) in [6.07, 6.45) is 9.12. The van der Waals surface area contributed by atoms with Crippen molar-refractivity contribution in [2.45, 2.75) is 13.1 Å². The molecule has 4 nitrogen and oxygen atoms in total. The van der Waals surface area contributed by atoms with E-state index in [4.69, 9.17) is 0 Å². The Morgan fingerprint density at radius 3 is 2.88 bits per heavy atom. The van der Waals surface area contributed by atoms with Gasteiger partial charge in [-0.3, -0.25) is 4.98 Å². The van der Waals surface area contributed by atoms with Gasteiger partial charge in [0.1, 0.15) is 0 Å². The van der Waals surface area contributed by atoms with Gasteiger partial charge in [-0.25, -0.2) is 4.98 Å². The van der Waals surface area contributed by atoms with Crippen molar-refractivity contribution in [1.82, 2.24) is 14.5 Å². The predicted octanol–water partition coefficient (Wildman–Crippen LogP) is 2.08. The molecule has 0 saturated carbocycles. The zero-order valence-electron chi connectivity index (χ0n) is 9.00. The smallest absolute Gasteiger partial charge is 0.203 e. The summed E-state index contributed by atoms with van der Waals surface area (Å²) in [7, 11) is 0. The maximum atomic E-state index is 4.24. The highest BCUT2D eigenvalue weighted by atomic mass is 15.2. The molecule has 0 saturated heterocycles. The Bertz CT molecular complexity index is 447. The van der Waals surface area contributed by atoms with Gasteiger partial charge in [0.2, 0.25) is 5.95 Å². The molecule has 0 atom stereocenters. The number of nitrogens with zero attached hydrogens (tertiary/aromatic N) is 3. The topological polar surface area (TPSA) is 42.7 Å². The number of imidazole rings is 1. The third-order valence-corrected chi connectivity index (χ3v) is 2.24. The Hall–Kier alpha value is -2.10. The minimum Gasteiger partial charge on any atom is -0.352 e. The number of nitrogens with one attached hydrogen (secondary N) is 1. The molecule has 0 aliphatic rings. The van der Waals surface area contributed by atoms with Gasteiger partial charge in [0.15, 0.2) is 0 Å². The van der Waals surface area contributed by atoms with Crippen LogP contribution in [0, 0.1) is 0 Å². The third kappa shape index (κ3) is 2.48. The Labute approximate surface area is 94.7 Å². The Balaban J connectivity index is 1.99. The zero-order valence-corrected chi connectivity index (χ0v) is 9.00. The van der Waals surface area contributed by atoms with Crippen molar-refractivity contribution >= 4 is 5.95 Å². The summed E-state index contributed by atoms with van der Waals surface area (Å²) in [6, 6.07) is 3.96. The third-order valence-electron chi connectivity index (χ3n) is 2.24. The van der Waals surface area contributed by atoms with Gasteiger partial charge in [0, 0.05) is 37.9 Å². The summed E-state index contributed by atoms with van der Waals surface area (Å²) >= 11 is 0. The van der Waals surface area contributed by atoms with E-state index >= 15 is 0 Å². The van der Waals surface area contributed by atoms with Crippen molar-refractivity contribution in [2.24, 2.45) is 0 Å². The van der Waals surface area contributed by atoms with Gasteiger partial charge < -0.3 is 9.88 Å². The summed E-state index contributed by atoms with van der Waals surface area (Å²) in [5, 5.41) is 3.27. The van der Waals surface area contributed by atoms with Crippen LogP contribution in [0.1, 0.15) is 5.56 Å². The molecule has 1 N–H and O–H groups in total. The molecule has 0 bridgehead atoms. The normalized spacial score (nSPS) is 10.0. The maximum Gasteiger partial charge on any atom is 0.203 e. The van der Waals surface area contributed by atoms with Gasteiger partial charge in [0.05, 0.1) is 0 Å². The summed E-state index contributed by atoms with van der Waals surface area (Å²) in [5.41, 5.74) is 1.18. The molecule has 0 aliphatic heterocycles. The van der Waals surface area contributed by atoms with E-state index in [1.54, 1.807) is 18.6 Å². The molecule has 4 heteroatoms. The van der Waals surface area contributed by atoms with Crippen LogP contribution in [0.2, 0.25) is 0 Å². The van der Waals surface area contributed by atoms with E-state index in [-0.39, 0.29) is 0 Å². The van der Waals surface area contributed by atoms with Crippen LogP contribution in [0.5, 0.6) is 0 Å². The molecule has 0 amide bonds. The zero-order chi connectivity index (χ0) is 11.2. The molecule has 0 aliphatic carbocycles. The first-order chi connectivity index (χ1) is 7.90. The van der Waals surface area contributed by atoms with Gasteiger partial charge in [-0.1, -0.05) is 6.08 Å². The summed E-state index contributed by atoms with van der Waals surface area (Å²) < 4.78 is 2.01. The van der Waals surface area contributed by atoms with E-state index in [2.05, 4.69) is 21.9 Å². The lowest BCUT2D eigenvalue weighted by molar-refractivity contribution is 0.820. The Morgan fingerprint density at radius 1 is 1.31 bits per heavy atom. The number of hydrogen-bond donors (Lipinski definition) is 1. The van der Waals surface area contributed by atoms with Crippen LogP contribution < -0.4 is 5.32 Å². The highest BCUT2D eigenvalue weighted by Crippen LogP contribution is 2.06. The standard InChI is InChI=1S/C12H14N4/c1-2-8-16-9-7-14-12(16)15-10-11-3-5-13-6-4-11/h2-7,9H,1,8,10H2,(H,14,15). The molecule has 0 radical (unpaired) electrons. The lowest BCUT2D eigenvalue weighted by Gasteiger charge is -2.07. The predicted molar refractivity (Wildman–Crippen MR) is 64.0 cm³/mol. The first kappa shape index (κ1) is 10.4. The number of hydrogen-bond acceptors (Lipinski definition) is 3. The van der Waals surface area contributed by atoms with Gasteiger partial charge >= 0.3 is 0 Å². The van der Waals surface area contributed by atoms with Crippen LogP contribution in [-0.2, 0) is 13.1 Å². The summed E-state index contributed by atoms with van der Waals surface area (Å²) in [4.78, 5) is 8.21. The van der Waals surface area contributed by atoms with Gasteiger partial charge in [-0.2, -0.15) is 0 Å². The molecule has 2 heterocycles. The minimum absolute atomic E-state index is 0.747. The van der Waals surface area contributed by atoms with Crippen LogP contribution in [-0.4, -0.2) is 14.5 Å². The average molecular weight is 214 g/mol. The van der Waals surface area contributed by atoms with Crippen molar-refractivity contribution in [1.29, 1.82) is 0 Å². The molecule has 2 aromatic heterocycles. The van der Waals surface area contributed by atoms with Crippen LogP contribution in [0.15, 0.2) is 49.6 Å². The number of pyridine rings is 1. The number of anilines is 1. The summed E-state index contributed by atoms with van der Waals surface area (Å²) in [5.74, 6) is 0.858. The average Bonchev–Trinajstić information content (AvgIpc) is 2.76. The van der Waals surface area contributed by atoms with Crippen molar-refractivity contribution in [3.63, 3.8) is 0 Å². The fourth-order valence-electron chi connectivity index (χ4n) is 1.44. The number of aromatic nitrogens is 3. The summed E-state index contributed by atoms with van der Waals surface area (Å²) in [6.45, 7) is 5.22. The second-order valence-electron chi connectivity index (χ2n) is 3.40. The van der Waals surface area contributed by atoms with Gasteiger partial charge in [-0.05, 0) is 17.7 Å². The van der Waals surface area contributed by atoms with Gasteiger partial charge in [-0.15, -0.1) is 6.58 Å². The first-order valence-electron chi connectivity index (χ1n) is 5.15. The SMILES string of the molecule is C=CCn1ccnc1NCc1ccncc1. The maximum absolute atomic E-state index is 4.24. The van der Waals surface area contributed by atoms with Gasteiger partial charge in [0.25, 0.3) is 0 Å². The molecule has 0 spiro atoms. The van der Waals surface area contributed by atoms with Crippen molar-refractivity contribution < 1.29 is 0 Å². The highest BCUT2D eigenvalue weighted by Gasteiger charge is 1.99. The molecule has 0 aromatic carbocycles. The fourth-order valence-corrected chi connectivity index (χ4v) is 1.44. The molecule has 82 valence electrons. The van der Waals surface area contributed by atoms with Crippen LogP contribution >= 0.6 is 0 Å². The lowest BCUT2D eigenvalue weighted by Crippen LogP contribution is -2.06. The van der Waals surface area contributed by atoms with E-state index in [9.17, 15) is 0 Å². The van der Waals surface area contributed by atoms with E-state index in [0.29, 0.717) is 0 Å². The second-order valence-corrected chi connectivity index (χ2v) is 3.40. The van der Waals surface area contributed by atoms with E-state index in [1.807, 2.05) is 29.0 Å². The molecule has 16 heavy (non-hydrogen) atoms. The Morgan fingerprint density at radius 2 is 2.12 bits per heavy atom.